The van der Waals surface area contributed by atoms with E-state index in [2.05, 4.69) is 10.6 Å². The fourth-order valence-electron chi connectivity index (χ4n) is 3.37. The van der Waals surface area contributed by atoms with Crippen LogP contribution in [0.4, 0.5) is 10.5 Å². The summed E-state index contributed by atoms with van der Waals surface area (Å²) in [5, 5.41) is 7.03. The fourth-order valence-corrected chi connectivity index (χ4v) is 4.12. The molecule has 0 bridgehead atoms. The van der Waals surface area contributed by atoms with Gasteiger partial charge in [-0.3, -0.25) is 15.0 Å². The minimum atomic E-state index is -0.609. The number of methoxy groups -OCH3 is 1. The molecule has 0 fully saturated rings. The van der Waals surface area contributed by atoms with Crippen molar-refractivity contribution < 1.29 is 23.8 Å². The first-order valence-corrected chi connectivity index (χ1v) is 10.9. The van der Waals surface area contributed by atoms with Gasteiger partial charge < -0.3 is 19.5 Å². The maximum atomic E-state index is 12.6. The van der Waals surface area contributed by atoms with Gasteiger partial charge in [0.15, 0.2) is 11.5 Å². The van der Waals surface area contributed by atoms with Crippen LogP contribution < -0.4 is 24.8 Å². The number of anilines is 1. The van der Waals surface area contributed by atoms with E-state index in [9.17, 15) is 9.59 Å². The molecule has 0 saturated heterocycles. The van der Waals surface area contributed by atoms with E-state index in [1.165, 1.54) is 0 Å². The van der Waals surface area contributed by atoms with Gasteiger partial charge in [0.05, 0.1) is 13.7 Å². The highest BCUT2D eigenvalue weighted by Gasteiger charge is 2.18. The smallest absolute Gasteiger partial charge is 0.325 e. The van der Waals surface area contributed by atoms with Gasteiger partial charge in [-0.1, -0.05) is 24.3 Å². The van der Waals surface area contributed by atoms with Crippen LogP contribution in [0.15, 0.2) is 60.0 Å². The fraction of sp³-hybridized carbons (Fsp3) is 0.217. The summed E-state index contributed by atoms with van der Waals surface area (Å²) in [5.41, 5.74) is 1.47. The number of urea groups is 1. The molecule has 0 aliphatic carbocycles. The van der Waals surface area contributed by atoms with Crippen molar-refractivity contribution in [2.24, 2.45) is 0 Å². The van der Waals surface area contributed by atoms with Gasteiger partial charge in [0.25, 0.3) is 0 Å². The Morgan fingerprint density at radius 2 is 1.91 bits per heavy atom. The second-order valence-corrected chi connectivity index (χ2v) is 8.14. The molecule has 32 heavy (non-hydrogen) atoms. The Balaban J connectivity index is 1.38. The van der Waals surface area contributed by atoms with Gasteiger partial charge in [0, 0.05) is 35.3 Å². The summed E-state index contributed by atoms with van der Waals surface area (Å²) in [6, 6.07) is 16.1. The summed E-state index contributed by atoms with van der Waals surface area (Å²) in [6.07, 6.45) is 0. The van der Waals surface area contributed by atoms with Crippen molar-refractivity contribution in [2.45, 2.75) is 13.1 Å². The number of para-hydroxylation sites is 1. The Hall–Kier alpha value is -3.56. The summed E-state index contributed by atoms with van der Waals surface area (Å²) in [5.74, 6) is 1.51. The van der Waals surface area contributed by atoms with Crippen LogP contribution in [0.2, 0.25) is 0 Å². The van der Waals surface area contributed by atoms with Gasteiger partial charge in [-0.15, -0.1) is 11.3 Å². The van der Waals surface area contributed by atoms with Crippen molar-refractivity contribution in [3.8, 4) is 17.2 Å². The quantitative estimate of drug-likeness (QED) is 0.539. The number of fused-ring (bicyclic) bond motifs is 1. The Kier molecular flexibility index (Phi) is 6.88. The van der Waals surface area contributed by atoms with Gasteiger partial charge in [-0.05, 0) is 29.6 Å². The molecule has 0 atom stereocenters. The van der Waals surface area contributed by atoms with E-state index in [0.717, 1.165) is 16.2 Å². The van der Waals surface area contributed by atoms with Crippen LogP contribution in [0.1, 0.15) is 10.4 Å². The Labute approximate surface area is 189 Å². The number of imide groups is 1. The number of hydrogen-bond donors (Lipinski definition) is 2. The maximum Gasteiger partial charge on any atom is 0.325 e. The predicted molar refractivity (Wildman–Crippen MR) is 121 cm³/mol. The lowest BCUT2D eigenvalue weighted by Gasteiger charge is -2.22. The molecule has 1 aliphatic rings. The number of hydrogen-bond acceptors (Lipinski definition) is 7. The van der Waals surface area contributed by atoms with Crippen LogP contribution in [-0.2, 0) is 17.9 Å². The molecule has 8 nitrogen and oxygen atoms in total. The summed E-state index contributed by atoms with van der Waals surface area (Å²) >= 11 is 1.62. The third-order valence-corrected chi connectivity index (χ3v) is 5.66. The van der Waals surface area contributed by atoms with Crippen LogP contribution in [-0.4, -0.2) is 37.3 Å². The highest BCUT2D eigenvalue weighted by Crippen LogP contribution is 2.34. The van der Waals surface area contributed by atoms with Gasteiger partial charge in [0.2, 0.25) is 12.7 Å². The molecule has 9 heteroatoms. The highest BCUT2D eigenvalue weighted by atomic mass is 32.1. The monoisotopic (exact) mass is 453 g/mol. The van der Waals surface area contributed by atoms with Gasteiger partial charge in [0.1, 0.15) is 5.75 Å². The summed E-state index contributed by atoms with van der Waals surface area (Å²) in [6.45, 7) is 1.27. The summed E-state index contributed by atoms with van der Waals surface area (Å²) in [7, 11) is 1.62. The molecule has 2 aromatic carbocycles. The van der Waals surface area contributed by atoms with E-state index in [-0.39, 0.29) is 13.3 Å². The van der Waals surface area contributed by atoms with E-state index >= 15 is 0 Å². The molecule has 3 aromatic rings. The van der Waals surface area contributed by atoms with Crippen LogP contribution in [0.25, 0.3) is 0 Å². The molecule has 4 rings (SSSR count). The van der Waals surface area contributed by atoms with Gasteiger partial charge in [-0.25, -0.2) is 4.79 Å². The van der Waals surface area contributed by atoms with Gasteiger partial charge in [-0.2, -0.15) is 0 Å². The van der Waals surface area contributed by atoms with E-state index < -0.39 is 11.9 Å². The minimum Gasteiger partial charge on any atom is -0.496 e. The van der Waals surface area contributed by atoms with Crippen LogP contribution in [0.5, 0.6) is 17.2 Å². The number of thiophene rings is 1. The molecule has 166 valence electrons. The molecule has 3 amide bonds. The summed E-state index contributed by atoms with van der Waals surface area (Å²) in [4.78, 5) is 28.0. The average Bonchev–Trinajstić information content (AvgIpc) is 3.45. The zero-order valence-electron chi connectivity index (χ0n) is 17.5. The number of nitrogens with one attached hydrogen (secondary N) is 2. The molecule has 2 heterocycles. The average molecular weight is 454 g/mol. The second kappa shape index (κ2) is 10.2. The third-order valence-electron chi connectivity index (χ3n) is 4.80. The number of rotatable bonds is 8. The van der Waals surface area contributed by atoms with Crippen molar-refractivity contribution >= 4 is 29.0 Å². The van der Waals surface area contributed by atoms with Crippen molar-refractivity contribution in [3.63, 3.8) is 0 Å². The third kappa shape index (κ3) is 5.57. The highest BCUT2D eigenvalue weighted by molar-refractivity contribution is 7.09. The van der Waals surface area contributed by atoms with E-state index in [4.69, 9.17) is 14.2 Å². The standard InChI is InChI=1S/C23H23N3O5S/c1-29-19-7-3-2-5-16(19)12-26(13-18-6-4-10-32-18)14-22(27)25-23(28)24-17-8-9-20-21(11-17)31-15-30-20/h2-11H,12-15H2,1H3,(H2,24,25,27,28). The molecule has 0 unspecified atom stereocenters. The predicted octanol–water partition coefficient (Wildman–Crippen LogP) is 3.84. The molecule has 0 radical (unpaired) electrons. The lowest BCUT2D eigenvalue weighted by molar-refractivity contribution is -0.121. The Morgan fingerprint density at radius 1 is 1.06 bits per heavy atom. The number of nitrogens with zero attached hydrogens (tertiary/aromatic N) is 1. The van der Waals surface area contributed by atoms with Crippen molar-refractivity contribution in [2.75, 3.05) is 25.8 Å². The topological polar surface area (TPSA) is 89.1 Å². The van der Waals surface area contributed by atoms with Crippen molar-refractivity contribution in [1.29, 1.82) is 0 Å². The molecule has 0 spiro atoms. The lowest BCUT2D eigenvalue weighted by Crippen LogP contribution is -2.41. The first kappa shape index (κ1) is 21.7. The Bertz CT molecular complexity index is 1090. The molecule has 1 aromatic heterocycles. The SMILES string of the molecule is COc1ccccc1CN(CC(=O)NC(=O)Nc1ccc2c(c1)OCO2)Cc1cccs1. The second-order valence-electron chi connectivity index (χ2n) is 7.11. The normalized spacial score (nSPS) is 11.9. The number of ether oxygens (including phenoxy) is 3. The molecule has 0 saturated carbocycles. The first-order valence-electron chi connectivity index (χ1n) is 9.98. The van der Waals surface area contributed by atoms with E-state index in [1.54, 1.807) is 36.6 Å². The number of carbonyl (C=O) groups is 2. The van der Waals surface area contributed by atoms with Crippen molar-refractivity contribution in [3.05, 3.63) is 70.4 Å². The van der Waals surface area contributed by atoms with Crippen LogP contribution in [0.3, 0.4) is 0 Å². The zero-order chi connectivity index (χ0) is 22.3. The zero-order valence-corrected chi connectivity index (χ0v) is 18.3. The van der Waals surface area contributed by atoms with Crippen LogP contribution in [0, 0.1) is 0 Å². The molecule has 1 aliphatic heterocycles. The number of benzene rings is 2. The summed E-state index contributed by atoms with van der Waals surface area (Å²) < 4.78 is 16.0. The largest absolute Gasteiger partial charge is 0.496 e. The van der Waals surface area contributed by atoms with Crippen LogP contribution >= 0.6 is 11.3 Å². The maximum absolute atomic E-state index is 12.6. The first-order chi connectivity index (χ1) is 15.6. The van der Waals surface area contributed by atoms with E-state index in [0.29, 0.717) is 30.3 Å². The Morgan fingerprint density at radius 3 is 2.72 bits per heavy atom. The van der Waals surface area contributed by atoms with Crippen molar-refractivity contribution in [1.82, 2.24) is 10.2 Å². The van der Waals surface area contributed by atoms with Gasteiger partial charge >= 0.3 is 6.03 Å². The van der Waals surface area contributed by atoms with E-state index in [1.807, 2.05) is 46.7 Å². The molecule has 2 N–H and O–H groups in total. The molecular formula is C23H23N3O5S. The molecular weight excluding hydrogens is 430 g/mol. The lowest BCUT2D eigenvalue weighted by atomic mass is 10.2. The minimum absolute atomic E-state index is 0.0461. The number of carbonyl (C=O) groups excluding carboxylic acids is 2. The number of amides is 3.